The van der Waals surface area contributed by atoms with Gasteiger partial charge in [-0.2, -0.15) is 0 Å². The second-order valence-corrected chi connectivity index (χ2v) is 4.22. The highest BCUT2D eigenvalue weighted by atomic mass is 19.3. The SMILES string of the molecule is CNC(COCC(F)F)C1CCCCC1. The van der Waals surface area contributed by atoms with Crippen LogP contribution in [0.15, 0.2) is 0 Å². The minimum atomic E-state index is -2.35. The highest BCUT2D eigenvalue weighted by Crippen LogP contribution is 2.26. The second-order valence-electron chi connectivity index (χ2n) is 4.22. The lowest BCUT2D eigenvalue weighted by Crippen LogP contribution is -2.39. The maximum Gasteiger partial charge on any atom is 0.261 e. The molecule has 1 aliphatic carbocycles. The Balaban J connectivity index is 2.21. The van der Waals surface area contributed by atoms with Crippen molar-refractivity contribution < 1.29 is 13.5 Å². The number of halogens is 2. The Kier molecular flexibility index (Phi) is 6.10. The maximum atomic E-state index is 11.9. The summed E-state index contributed by atoms with van der Waals surface area (Å²) >= 11 is 0. The van der Waals surface area contributed by atoms with E-state index >= 15 is 0 Å². The van der Waals surface area contributed by atoms with Gasteiger partial charge in [0.1, 0.15) is 6.61 Å². The quantitative estimate of drug-likeness (QED) is 0.743. The number of hydrogen-bond acceptors (Lipinski definition) is 2. The predicted molar refractivity (Wildman–Crippen MR) is 56.2 cm³/mol. The smallest absolute Gasteiger partial charge is 0.261 e. The van der Waals surface area contributed by atoms with E-state index < -0.39 is 13.0 Å². The number of likely N-dealkylation sites (N-methyl/N-ethyl adjacent to an activating group) is 1. The van der Waals surface area contributed by atoms with Crippen molar-refractivity contribution in [2.24, 2.45) is 5.92 Å². The molecule has 0 bridgehead atoms. The fourth-order valence-corrected chi connectivity index (χ4v) is 2.28. The fraction of sp³-hybridized carbons (Fsp3) is 1.00. The predicted octanol–water partition coefficient (Wildman–Crippen LogP) is 2.44. The third-order valence-electron chi connectivity index (χ3n) is 3.13. The zero-order valence-corrected chi connectivity index (χ0v) is 9.35. The van der Waals surface area contributed by atoms with Gasteiger partial charge in [-0.05, 0) is 25.8 Å². The number of rotatable bonds is 6. The van der Waals surface area contributed by atoms with Crippen LogP contribution in [-0.2, 0) is 4.74 Å². The van der Waals surface area contributed by atoms with Crippen molar-refractivity contribution in [3.63, 3.8) is 0 Å². The van der Waals surface area contributed by atoms with Gasteiger partial charge in [-0.1, -0.05) is 19.3 Å². The molecule has 0 saturated heterocycles. The molecule has 0 aromatic heterocycles. The van der Waals surface area contributed by atoms with Crippen molar-refractivity contribution in [3.8, 4) is 0 Å². The second kappa shape index (κ2) is 7.12. The molecule has 2 nitrogen and oxygen atoms in total. The van der Waals surface area contributed by atoms with Crippen molar-refractivity contribution in [1.29, 1.82) is 0 Å². The average molecular weight is 221 g/mol. The van der Waals surface area contributed by atoms with Crippen molar-refractivity contribution in [2.75, 3.05) is 20.3 Å². The van der Waals surface area contributed by atoms with Gasteiger partial charge in [0.25, 0.3) is 6.43 Å². The summed E-state index contributed by atoms with van der Waals surface area (Å²) in [6.07, 6.45) is 3.88. The van der Waals surface area contributed by atoms with Crippen LogP contribution in [0.3, 0.4) is 0 Å². The molecule has 4 heteroatoms. The van der Waals surface area contributed by atoms with E-state index in [1.807, 2.05) is 7.05 Å². The van der Waals surface area contributed by atoms with E-state index in [0.29, 0.717) is 12.5 Å². The van der Waals surface area contributed by atoms with Crippen molar-refractivity contribution in [2.45, 2.75) is 44.6 Å². The average Bonchev–Trinajstić information content (AvgIpc) is 2.25. The summed E-state index contributed by atoms with van der Waals surface area (Å²) in [7, 11) is 1.88. The molecule has 15 heavy (non-hydrogen) atoms. The van der Waals surface area contributed by atoms with Gasteiger partial charge in [-0.3, -0.25) is 0 Å². The molecule has 1 aliphatic rings. The summed E-state index contributed by atoms with van der Waals surface area (Å²) in [4.78, 5) is 0. The molecular weight excluding hydrogens is 200 g/mol. The Morgan fingerprint density at radius 2 is 1.87 bits per heavy atom. The van der Waals surface area contributed by atoms with Gasteiger partial charge >= 0.3 is 0 Å². The summed E-state index contributed by atoms with van der Waals surface area (Å²) in [5, 5.41) is 3.18. The number of hydrogen-bond donors (Lipinski definition) is 1. The Morgan fingerprint density at radius 1 is 1.20 bits per heavy atom. The number of alkyl halides is 2. The zero-order chi connectivity index (χ0) is 11.1. The van der Waals surface area contributed by atoms with Crippen molar-refractivity contribution >= 4 is 0 Å². The van der Waals surface area contributed by atoms with E-state index in [1.54, 1.807) is 0 Å². The molecule has 1 unspecified atom stereocenters. The summed E-state index contributed by atoms with van der Waals surface area (Å²) in [6.45, 7) is -0.0313. The first kappa shape index (κ1) is 12.8. The van der Waals surface area contributed by atoms with E-state index in [2.05, 4.69) is 5.32 Å². The number of ether oxygens (including phenoxy) is 1. The Morgan fingerprint density at radius 3 is 2.40 bits per heavy atom. The summed E-state index contributed by atoms with van der Waals surface area (Å²) in [5.41, 5.74) is 0. The topological polar surface area (TPSA) is 21.3 Å². The van der Waals surface area contributed by atoms with Gasteiger partial charge in [0.15, 0.2) is 0 Å². The van der Waals surface area contributed by atoms with Crippen LogP contribution in [0, 0.1) is 5.92 Å². The zero-order valence-electron chi connectivity index (χ0n) is 9.35. The standard InChI is InChI=1S/C11H21F2NO/c1-14-10(7-15-8-11(12)13)9-5-3-2-4-6-9/h9-11,14H,2-8H2,1H3. The lowest BCUT2D eigenvalue weighted by atomic mass is 9.84. The minimum absolute atomic E-state index is 0.240. The molecule has 1 N–H and O–H groups in total. The van der Waals surface area contributed by atoms with Crippen LogP contribution >= 0.6 is 0 Å². The molecule has 0 spiro atoms. The lowest BCUT2D eigenvalue weighted by Gasteiger charge is -2.29. The van der Waals surface area contributed by atoms with Crippen LogP contribution in [0.2, 0.25) is 0 Å². The van der Waals surface area contributed by atoms with Gasteiger partial charge in [0, 0.05) is 6.04 Å². The molecule has 1 atom stereocenters. The molecule has 90 valence electrons. The van der Waals surface area contributed by atoms with Gasteiger partial charge in [-0.25, -0.2) is 8.78 Å². The van der Waals surface area contributed by atoms with Gasteiger partial charge < -0.3 is 10.1 Å². The van der Waals surface area contributed by atoms with E-state index in [1.165, 1.54) is 32.1 Å². The fourth-order valence-electron chi connectivity index (χ4n) is 2.28. The molecule has 0 radical (unpaired) electrons. The molecule has 1 rings (SSSR count). The van der Waals surface area contributed by atoms with Crippen LogP contribution in [-0.4, -0.2) is 32.7 Å². The van der Waals surface area contributed by atoms with Crippen LogP contribution < -0.4 is 5.32 Å². The first-order valence-electron chi connectivity index (χ1n) is 5.77. The third kappa shape index (κ3) is 4.89. The molecule has 1 fully saturated rings. The van der Waals surface area contributed by atoms with Crippen LogP contribution in [0.25, 0.3) is 0 Å². The highest BCUT2D eigenvalue weighted by molar-refractivity contribution is 4.78. The molecule has 0 aromatic carbocycles. The van der Waals surface area contributed by atoms with E-state index in [0.717, 1.165) is 0 Å². The lowest BCUT2D eigenvalue weighted by molar-refractivity contribution is 0.00207. The highest BCUT2D eigenvalue weighted by Gasteiger charge is 2.22. The molecule has 0 heterocycles. The first-order valence-corrected chi connectivity index (χ1v) is 5.77. The van der Waals surface area contributed by atoms with E-state index in [4.69, 9.17) is 4.74 Å². The molecule has 1 saturated carbocycles. The van der Waals surface area contributed by atoms with Crippen LogP contribution in [0.4, 0.5) is 8.78 Å². The van der Waals surface area contributed by atoms with Crippen LogP contribution in [0.5, 0.6) is 0 Å². The van der Waals surface area contributed by atoms with Crippen LogP contribution in [0.1, 0.15) is 32.1 Å². The third-order valence-corrected chi connectivity index (χ3v) is 3.13. The van der Waals surface area contributed by atoms with Gasteiger partial charge in [-0.15, -0.1) is 0 Å². The molecular formula is C11H21F2NO. The largest absolute Gasteiger partial charge is 0.374 e. The van der Waals surface area contributed by atoms with E-state index in [-0.39, 0.29) is 6.04 Å². The number of nitrogens with one attached hydrogen (secondary N) is 1. The molecule has 0 aliphatic heterocycles. The Hall–Kier alpha value is -0.220. The van der Waals surface area contributed by atoms with Gasteiger partial charge in [0.05, 0.1) is 6.61 Å². The summed E-state index contributed by atoms with van der Waals surface area (Å²) in [6, 6.07) is 0.240. The maximum absolute atomic E-state index is 11.9. The monoisotopic (exact) mass is 221 g/mol. The summed E-state index contributed by atoms with van der Waals surface area (Å²) < 4.78 is 28.8. The Bertz CT molecular complexity index is 161. The molecule has 0 aromatic rings. The summed E-state index contributed by atoms with van der Waals surface area (Å²) in [5.74, 6) is 0.599. The first-order chi connectivity index (χ1) is 7.24. The van der Waals surface area contributed by atoms with Crippen molar-refractivity contribution in [1.82, 2.24) is 5.32 Å². The molecule has 0 amide bonds. The van der Waals surface area contributed by atoms with E-state index in [9.17, 15) is 8.78 Å². The Labute approximate surface area is 90.4 Å². The van der Waals surface area contributed by atoms with Crippen molar-refractivity contribution in [3.05, 3.63) is 0 Å². The minimum Gasteiger partial charge on any atom is -0.374 e. The van der Waals surface area contributed by atoms with Gasteiger partial charge in [0.2, 0.25) is 0 Å². The normalized spacial score (nSPS) is 20.8.